The van der Waals surface area contributed by atoms with Crippen LogP contribution in [0.4, 0.5) is 0 Å². The fraction of sp³-hybridized carbons (Fsp3) is 0.429. The van der Waals surface area contributed by atoms with E-state index in [9.17, 15) is 0 Å². The maximum Gasteiger partial charge on any atom is 0.0479 e. The molecule has 0 spiro atoms. The van der Waals surface area contributed by atoms with Gasteiger partial charge in [-0.05, 0) is 43.1 Å². The molecular formula is C14H19Cl2N. The molecule has 1 nitrogen and oxygen atoms in total. The van der Waals surface area contributed by atoms with Gasteiger partial charge < -0.3 is 5.32 Å². The standard InChI is InChI=1S/C14H19Cl2N/c1-10(2)8-17-9-11(3)6-12-7-13(15)4-5-14(12)16/h4-7,10,17H,8-9H2,1-3H3/b11-6+. The fourth-order valence-corrected chi connectivity index (χ4v) is 1.85. The average molecular weight is 272 g/mol. The smallest absolute Gasteiger partial charge is 0.0479 e. The second kappa shape index (κ2) is 7.05. The van der Waals surface area contributed by atoms with E-state index >= 15 is 0 Å². The Morgan fingerprint density at radius 2 is 2.06 bits per heavy atom. The van der Waals surface area contributed by atoms with Gasteiger partial charge in [-0.15, -0.1) is 0 Å². The average Bonchev–Trinajstić information content (AvgIpc) is 2.23. The van der Waals surface area contributed by atoms with E-state index in [0.29, 0.717) is 10.9 Å². The third-order valence-corrected chi connectivity index (χ3v) is 2.90. The Morgan fingerprint density at radius 3 is 2.71 bits per heavy atom. The number of hydrogen-bond donors (Lipinski definition) is 1. The lowest BCUT2D eigenvalue weighted by Crippen LogP contribution is -2.21. The first-order valence-corrected chi connectivity index (χ1v) is 6.57. The molecule has 1 aromatic rings. The lowest BCUT2D eigenvalue weighted by Gasteiger charge is -2.08. The summed E-state index contributed by atoms with van der Waals surface area (Å²) in [5.74, 6) is 0.664. The minimum Gasteiger partial charge on any atom is -0.313 e. The Hall–Kier alpha value is -0.500. The van der Waals surface area contributed by atoms with E-state index in [4.69, 9.17) is 23.2 Å². The van der Waals surface area contributed by atoms with Crippen LogP contribution in [-0.2, 0) is 0 Å². The van der Waals surface area contributed by atoms with Gasteiger partial charge in [0.1, 0.15) is 0 Å². The van der Waals surface area contributed by atoms with Crippen LogP contribution in [0.3, 0.4) is 0 Å². The molecule has 1 N–H and O–H groups in total. The molecule has 1 rings (SSSR count). The Morgan fingerprint density at radius 1 is 1.35 bits per heavy atom. The van der Waals surface area contributed by atoms with Gasteiger partial charge in [0.05, 0.1) is 0 Å². The first-order valence-electron chi connectivity index (χ1n) is 5.82. The Bertz CT molecular complexity index is 397. The van der Waals surface area contributed by atoms with Gasteiger partial charge in [0.15, 0.2) is 0 Å². The van der Waals surface area contributed by atoms with Crippen molar-refractivity contribution in [2.24, 2.45) is 5.92 Å². The summed E-state index contributed by atoms with van der Waals surface area (Å²) in [4.78, 5) is 0. The van der Waals surface area contributed by atoms with Crippen molar-refractivity contribution < 1.29 is 0 Å². The molecule has 0 aliphatic carbocycles. The van der Waals surface area contributed by atoms with Gasteiger partial charge in [-0.2, -0.15) is 0 Å². The molecule has 0 bridgehead atoms. The number of hydrogen-bond acceptors (Lipinski definition) is 1. The largest absolute Gasteiger partial charge is 0.313 e. The lowest BCUT2D eigenvalue weighted by molar-refractivity contribution is 0.572. The molecule has 0 fully saturated rings. The fourth-order valence-electron chi connectivity index (χ4n) is 1.50. The lowest BCUT2D eigenvalue weighted by atomic mass is 10.1. The Labute approximate surface area is 114 Å². The van der Waals surface area contributed by atoms with E-state index in [1.54, 1.807) is 6.07 Å². The van der Waals surface area contributed by atoms with Crippen LogP contribution in [0.2, 0.25) is 10.0 Å². The highest BCUT2D eigenvalue weighted by Gasteiger charge is 2.00. The molecule has 0 atom stereocenters. The van der Waals surface area contributed by atoms with Gasteiger partial charge in [0.25, 0.3) is 0 Å². The zero-order valence-electron chi connectivity index (χ0n) is 10.6. The molecule has 1 aromatic carbocycles. The van der Waals surface area contributed by atoms with Crippen LogP contribution in [0.25, 0.3) is 6.08 Å². The van der Waals surface area contributed by atoms with Gasteiger partial charge in [-0.3, -0.25) is 0 Å². The third-order valence-electron chi connectivity index (χ3n) is 2.32. The minimum atomic E-state index is 0.664. The molecule has 94 valence electrons. The first kappa shape index (κ1) is 14.6. The predicted molar refractivity (Wildman–Crippen MR) is 77.8 cm³/mol. The number of rotatable bonds is 5. The summed E-state index contributed by atoms with van der Waals surface area (Å²) in [6.45, 7) is 8.37. The summed E-state index contributed by atoms with van der Waals surface area (Å²) in [5.41, 5.74) is 2.22. The molecule has 0 saturated carbocycles. The van der Waals surface area contributed by atoms with Crippen molar-refractivity contribution >= 4 is 29.3 Å². The number of halogens is 2. The van der Waals surface area contributed by atoms with Crippen molar-refractivity contribution in [2.75, 3.05) is 13.1 Å². The maximum absolute atomic E-state index is 6.10. The number of nitrogens with one attached hydrogen (secondary N) is 1. The summed E-state index contributed by atoms with van der Waals surface area (Å²) < 4.78 is 0. The van der Waals surface area contributed by atoms with Crippen LogP contribution >= 0.6 is 23.2 Å². The summed E-state index contributed by atoms with van der Waals surface area (Å²) in [7, 11) is 0. The van der Waals surface area contributed by atoms with E-state index in [2.05, 4.69) is 32.2 Å². The van der Waals surface area contributed by atoms with Crippen LogP contribution < -0.4 is 5.32 Å². The monoisotopic (exact) mass is 271 g/mol. The van der Waals surface area contributed by atoms with Gasteiger partial charge in [0, 0.05) is 16.6 Å². The highest BCUT2D eigenvalue weighted by Crippen LogP contribution is 2.22. The van der Waals surface area contributed by atoms with Crippen LogP contribution in [0.1, 0.15) is 26.3 Å². The molecule has 0 radical (unpaired) electrons. The Kier molecular flexibility index (Phi) is 6.04. The molecule has 17 heavy (non-hydrogen) atoms. The van der Waals surface area contributed by atoms with Crippen LogP contribution in [0, 0.1) is 5.92 Å². The molecule has 0 amide bonds. The van der Waals surface area contributed by atoms with Crippen molar-refractivity contribution in [3.8, 4) is 0 Å². The topological polar surface area (TPSA) is 12.0 Å². The van der Waals surface area contributed by atoms with E-state index < -0.39 is 0 Å². The molecular weight excluding hydrogens is 253 g/mol. The SMILES string of the molecule is C/C(=C\c1cc(Cl)ccc1Cl)CNCC(C)C. The van der Waals surface area contributed by atoms with Crippen molar-refractivity contribution in [1.82, 2.24) is 5.32 Å². The third kappa shape index (κ3) is 5.58. The van der Waals surface area contributed by atoms with Crippen LogP contribution in [0.15, 0.2) is 23.8 Å². The zero-order chi connectivity index (χ0) is 12.8. The Balaban J connectivity index is 2.63. The molecule has 0 aliphatic rings. The van der Waals surface area contributed by atoms with Gasteiger partial charge in [0.2, 0.25) is 0 Å². The summed E-state index contributed by atoms with van der Waals surface area (Å²) in [6.07, 6.45) is 2.07. The van der Waals surface area contributed by atoms with E-state index in [0.717, 1.165) is 23.7 Å². The van der Waals surface area contributed by atoms with Crippen molar-refractivity contribution in [1.29, 1.82) is 0 Å². The molecule has 0 heterocycles. The molecule has 0 saturated heterocycles. The summed E-state index contributed by atoms with van der Waals surface area (Å²) in [5, 5.41) is 4.84. The molecule has 0 aromatic heterocycles. The summed E-state index contributed by atoms with van der Waals surface area (Å²) >= 11 is 12.0. The highest BCUT2D eigenvalue weighted by atomic mass is 35.5. The quantitative estimate of drug-likeness (QED) is 0.823. The highest BCUT2D eigenvalue weighted by molar-refractivity contribution is 6.34. The van der Waals surface area contributed by atoms with Crippen molar-refractivity contribution in [3.05, 3.63) is 39.4 Å². The zero-order valence-corrected chi connectivity index (χ0v) is 12.1. The number of benzene rings is 1. The molecule has 0 aliphatic heterocycles. The normalized spacial score (nSPS) is 12.2. The second-order valence-electron chi connectivity index (χ2n) is 4.68. The van der Waals surface area contributed by atoms with Gasteiger partial charge in [-0.1, -0.05) is 48.7 Å². The van der Waals surface area contributed by atoms with Gasteiger partial charge in [-0.25, -0.2) is 0 Å². The van der Waals surface area contributed by atoms with E-state index in [-0.39, 0.29) is 0 Å². The minimum absolute atomic E-state index is 0.664. The second-order valence-corrected chi connectivity index (χ2v) is 5.52. The van der Waals surface area contributed by atoms with E-state index in [1.807, 2.05) is 12.1 Å². The molecule has 3 heteroatoms. The van der Waals surface area contributed by atoms with Gasteiger partial charge >= 0.3 is 0 Å². The van der Waals surface area contributed by atoms with E-state index in [1.165, 1.54) is 5.57 Å². The van der Waals surface area contributed by atoms with Crippen LogP contribution in [0.5, 0.6) is 0 Å². The maximum atomic E-state index is 6.10. The van der Waals surface area contributed by atoms with Crippen molar-refractivity contribution in [3.63, 3.8) is 0 Å². The van der Waals surface area contributed by atoms with Crippen molar-refractivity contribution in [2.45, 2.75) is 20.8 Å². The molecule has 0 unspecified atom stereocenters. The summed E-state index contributed by atoms with van der Waals surface area (Å²) in [6, 6.07) is 5.51. The predicted octanol–water partition coefficient (Wildman–Crippen LogP) is 4.64. The first-order chi connectivity index (χ1) is 7.99. The van der Waals surface area contributed by atoms with Crippen LogP contribution in [-0.4, -0.2) is 13.1 Å².